The minimum absolute atomic E-state index is 0.255. The molecule has 0 radical (unpaired) electrons. The second-order valence-electron chi connectivity index (χ2n) is 3.63. The molecule has 2 rings (SSSR count). The third-order valence-corrected chi connectivity index (χ3v) is 2.60. The van der Waals surface area contributed by atoms with Crippen LogP contribution in [0.5, 0.6) is 0 Å². The maximum atomic E-state index is 11.9. The molecule has 5 nitrogen and oxygen atoms in total. The van der Waals surface area contributed by atoms with E-state index in [0.717, 1.165) is 5.56 Å². The number of pyridine rings is 2. The van der Waals surface area contributed by atoms with Crippen molar-refractivity contribution < 1.29 is 4.79 Å². The van der Waals surface area contributed by atoms with Crippen LogP contribution in [-0.4, -0.2) is 15.9 Å². The van der Waals surface area contributed by atoms with Crippen LogP contribution in [0.15, 0.2) is 36.8 Å². The van der Waals surface area contributed by atoms with E-state index >= 15 is 0 Å². The van der Waals surface area contributed by atoms with Crippen molar-refractivity contribution in [3.8, 4) is 0 Å². The Morgan fingerprint density at radius 2 is 2.28 bits per heavy atom. The van der Waals surface area contributed by atoms with Gasteiger partial charge in [-0.25, -0.2) is 4.98 Å². The summed E-state index contributed by atoms with van der Waals surface area (Å²) in [6, 6.07) is 5.12. The van der Waals surface area contributed by atoms with Gasteiger partial charge in [0.15, 0.2) is 0 Å². The predicted molar refractivity (Wildman–Crippen MR) is 69.1 cm³/mol. The van der Waals surface area contributed by atoms with Gasteiger partial charge in [-0.1, -0.05) is 17.7 Å². The molecule has 0 spiro atoms. The number of hydrogen-bond donors (Lipinski definition) is 2. The second-order valence-corrected chi connectivity index (χ2v) is 4.04. The second kappa shape index (κ2) is 5.46. The highest BCUT2D eigenvalue weighted by Gasteiger charge is 2.10. The molecule has 92 valence electrons. The third kappa shape index (κ3) is 2.95. The summed E-state index contributed by atoms with van der Waals surface area (Å²) in [5, 5.41) is 3.01. The lowest BCUT2D eigenvalue weighted by Gasteiger charge is -2.06. The fourth-order valence-corrected chi connectivity index (χ4v) is 1.60. The maximum Gasteiger partial charge on any atom is 0.253 e. The van der Waals surface area contributed by atoms with Gasteiger partial charge in [-0.15, -0.1) is 0 Å². The zero-order valence-corrected chi connectivity index (χ0v) is 10.2. The Bertz CT molecular complexity index is 559. The van der Waals surface area contributed by atoms with E-state index in [0.29, 0.717) is 12.1 Å². The van der Waals surface area contributed by atoms with E-state index < -0.39 is 0 Å². The Hall–Kier alpha value is -2.14. The zero-order chi connectivity index (χ0) is 13.0. The van der Waals surface area contributed by atoms with E-state index in [1.54, 1.807) is 18.5 Å². The maximum absolute atomic E-state index is 11.9. The molecule has 0 aliphatic rings. The molecule has 2 aromatic rings. The van der Waals surface area contributed by atoms with E-state index in [2.05, 4.69) is 15.3 Å². The summed E-state index contributed by atoms with van der Waals surface area (Å²) in [7, 11) is 0. The number of rotatable bonds is 3. The van der Waals surface area contributed by atoms with E-state index in [1.807, 2.05) is 6.07 Å². The molecular formula is C12H11ClN4O. The first-order valence-corrected chi connectivity index (χ1v) is 5.63. The van der Waals surface area contributed by atoms with Gasteiger partial charge in [0, 0.05) is 25.1 Å². The molecule has 0 saturated heterocycles. The molecule has 18 heavy (non-hydrogen) atoms. The number of nitrogen functional groups attached to an aromatic ring is 1. The summed E-state index contributed by atoms with van der Waals surface area (Å²) in [5.41, 5.74) is 6.73. The number of carbonyl (C=O) groups is 1. The van der Waals surface area contributed by atoms with Gasteiger partial charge in [-0.3, -0.25) is 9.78 Å². The Labute approximate surface area is 109 Å². The number of carbonyl (C=O) groups excluding carboxylic acids is 1. The molecule has 2 aromatic heterocycles. The van der Waals surface area contributed by atoms with Gasteiger partial charge in [0.25, 0.3) is 5.91 Å². The number of nitrogens with zero attached hydrogens (tertiary/aromatic N) is 2. The van der Waals surface area contributed by atoms with Gasteiger partial charge in [0.05, 0.1) is 10.6 Å². The molecule has 0 atom stereocenters. The summed E-state index contributed by atoms with van der Waals surface area (Å²) in [6.45, 7) is 0.380. The van der Waals surface area contributed by atoms with E-state index in [4.69, 9.17) is 17.3 Å². The van der Waals surface area contributed by atoms with Crippen LogP contribution in [-0.2, 0) is 6.54 Å². The highest BCUT2D eigenvalue weighted by atomic mass is 35.5. The van der Waals surface area contributed by atoms with Crippen molar-refractivity contribution in [1.29, 1.82) is 0 Å². The van der Waals surface area contributed by atoms with Crippen LogP contribution in [0.4, 0.5) is 5.82 Å². The zero-order valence-electron chi connectivity index (χ0n) is 9.43. The molecule has 0 aromatic carbocycles. The van der Waals surface area contributed by atoms with Crippen molar-refractivity contribution in [2.24, 2.45) is 0 Å². The normalized spacial score (nSPS) is 10.1. The fraction of sp³-hybridized carbons (Fsp3) is 0.0833. The van der Waals surface area contributed by atoms with E-state index in [-0.39, 0.29) is 16.7 Å². The molecular weight excluding hydrogens is 252 g/mol. The molecule has 0 aliphatic carbocycles. The monoisotopic (exact) mass is 262 g/mol. The predicted octanol–water partition coefficient (Wildman–Crippen LogP) is 1.64. The highest BCUT2D eigenvalue weighted by molar-refractivity contribution is 6.33. The molecule has 1 amide bonds. The molecule has 0 saturated carbocycles. The standard InChI is InChI=1S/C12H11ClN4O/c13-10-7-16-11(14)4-9(10)12(18)17-6-8-2-1-3-15-5-8/h1-5,7H,6H2,(H2,14,16)(H,17,18). The summed E-state index contributed by atoms with van der Waals surface area (Å²) in [4.78, 5) is 19.6. The van der Waals surface area contributed by atoms with Gasteiger partial charge in [0.2, 0.25) is 0 Å². The smallest absolute Gasteiger partial charge is 0.253 e. The Kier molecular flexibility index (Phi) is 3.74. The molecule has 0 unspecified atom stereocenters. The van der Waals surface area contributed by atoms with Crippen molar-refractivity contribution in [2.45, 2.75) is 6.54 Å². The van der Waals surface area contributed by atoms with E-state index in [9.17, 15) is 4.79 Å². The van der Waals surface area contributed by atoms with Crippen molar-refractivity contribution in [1.82, 2.24) is 15.3 Å². The number of amides is 1. The summed E-state index contributed by atoms with van der Waals surface area (Å²) in [5.74, 6) is -0.0381. The number of hydrogen-bond acceptors (Lipinski definition) is 4. The lowest BCUT2D eigenvalue weighted by Crippen LogP contribution is -2.23. The minimum atomic E-state index is -0.294. The Balaban J connectivity index is 2.06. The fourth-order valence-electron chi connectivity index (χ4n) is 1.41. The quantitative estimate of drug-likeness (QED) is 0.881. The number of aromatic nitrogens is 2. The first-order chi connectivity index (χ1) is 8.66. The SMILES string of the molecule is Nc1cc(C(=O)NCc2cccnc2)c(Cl)cn1. The first-order valence-electron chi connectivity index (χ1n) is 5.25. The number of anilines is 1. The van der Waals surface area contributed by atoms with Crippen LogP contribution in [0.2, 0.25) is 5.02 Å². The molecule has 6 heteroatoms. The van der Waals surface area contributed by atoms with Crippen molar-refractivity contribution in [2.75, 3.05) is 5.73 Å². The molecule has 3 N–H and O–H groups in total. The van der Waals surface area contributed by atoms with Crippen LogP contribution >= 0.6 is 11.6 Å². The minimum Gasteiger partial charge on any atom is -0.384 e. The van der Waals surface area contributed by atoms with E-state index in [1.165, 1.54) is 12.3 Å². The first kappa shape index (κ1) is 12.3. The summed E-state index contributed by atoms with van der Waals surface area (Å²) < 4.78 is 0. The largest absolute Gasteiger partial charge is 0.384 e. The van der Waals surface area contributed by atoms with Crippen LogP contribution in [0, 0.1) is 0 Å². The molecule has 2 heterocycles. The lowest BCUT2D eigenvalue weighted by atomic mass is 10.2. The summed E-state index contributed by atoms with van der Waals surface area (Å²) >= 11 is 5.88. The van der Waals surface area contributed by atoms with Crippen LogP contribution in [0.3, 0.4) is 0 Å². The summed E-state index contributed by atoms with van der Waals surface area (Å²) in [6.07, 6.45) is 4.71. The van der Waals surface area contributed by atoms with Gasteiger partial charge in [-0.05, 0) is 17.7 Å². The van der Waals surface area contributed by atoms with Gasteiger partial charge in [-0.2, -0.15) is 0 Å². The lowest BCUT2D eigenvalue weighted by molar-refractivity contribution is 0.0951. The number of nitrogens with two attached hydrogens (primary N) is 1. The van der Waals surface area contributed by atoms with Crippen molar-refractivity contribution in [3.63, 3.8) is 0 Å². The molecule has 0 aliphatic heterocycles. The van der Waals surface area contributed by atoms with Crippen molar-refractivity contribution in [3.05, 3.63) is 52.9 Å². The molecule has 0 bridgehead atoms. The van der Waals surface area contributed by atoms with Crippen LogP contribution < -0.4 is 11.1 Å². The number of nitrogens with one attached hydrogen (secondary N) is 1. The van der Waals surface area contributed by atoms with Crippen molar-refractivity contribution >= 4 is 23.3 Å². The average Bonchev–Trinajstić information content (AvgIpc) is 2.40. The Morgan fingerprint density at radius 1 is 1.44 bits per heavy atom. The van der Waals surface area contributed by atoms with Gasteiger partial charge >= 0.3 is 0 Å². The van der Waals surface area contributed by atoms with Gasteiger partial charge < -0.3 is 11.1 Å². The van der Waals surface area contributed by atoms with Gasteiger partial charge in [0.1, 0.15) is 5.82 Å². The third-order valence-electron chi connectivity index (χ3n) is 2.30. The van der Waals surface area contributed by atoms with Crippen LogP contribution in [0.1, 0.15) is 15.9 Å². The average molecular weight is 263 g/mol. The topological polar surface area (TPSA) is 80.9 Å². The highest BCUT2D eigenvalue weighted by Crippen LogP contribution is 2.16. The Morgan fingerprint density at radius 3 is 3.00 bits per heavy atom. The molecule has 0 fully saturated rings. The van der Waals surface area contributed by atoms with Crippen LogP contribution in [0.25, 0.3) is 0 Å². The number of halogens is 1.